The van der Waals surface area contributed by atoms with Crippen LogP contribution < -0.4 is 5.73 Å². The number of halogens is 1. The molecule has 1 aromatic rings. The Labute approximate surface area is 98.6 Å². The first kappa shape index (κ1) is 12.6. The molecule has 0 aromatic heterocycles. The van der Waals surface area contributed by atoms with Gasteiger partial charge in [-0.2, -0.15) is 0 Å². The monoisotopic (exact) mass is 247 g/mol. The summed E-state index contributed by atoms with van der Waals surface area (Å²) in [5.74, 6) is 0.834. The van der Waals surface area contributed by atoms with Crippen LogP contribution in [0.25, 0.3) is 0 Å². The molecule has 0 unspecified atom stereocenters. The van der Waals surface area contributed by atoms with Gasteiger partial charge in [-0.05, 0) is 18.2 Å². The van der Waals surface area contributed by atoms with Crippen LogP contribution in [0.3, 0.4) is 0 Å². The van der Waals surface area contributed by atoms with Crippen LogP contribution in [0.15, 0.2) is 23.1 Å². The second-order valence-electron chi connectivity index (χ2n) is 2.87. The summed E-state index contributed by atoms with van der Waals surface area (Å²) in [6.45, 7) is 1.08. The Balaban J connectivity index is 2.28. The minimum absolute atomic E-state index is 0.0678. The van der Waals surface area contributed by atoms with Gasteiger partial charge in [0.05, 0.1) is 30.5 Å². The highest BCUT2D eigenvalue weighted by atomic mass is 35.5. The van der Waals surface area contributed by atoms with Crippen LogP contribution in [0, 0.1) is 0 Å². The number of nitrogen functional groups attached to an aromatic ring is 1. The van der Waals surface area contributed by atoms with Gasteiger partial charge in [0.2, 0.25) is 0 Å². The molecule has 0 saturated heterocycles. The predicted molar refractivity (Wildman–Crippen MR) is 64.5 cm³/mol. The molecule has 3 nitrogen and oxygen atoms in total. The Hall–Kier alpha value is -0.420. The van der Waals surface area contributed by atoms with E-state index in [0.717, 1.165) is 10.6 Å². The first-order valence-corrected chi connectivity index (χ1v) is 5.97. The van der Waals surface area contributed by atoms with Gasteiger partial charge in [0.25, 0.3) is 0 Å². The maximum absolute atomic E-state index is 8.49. The SMILES string of the molecule is Nc1ccc(SCCOCCO)cc1Cl. The minimum Gasteiger partial charge on any atom is -0.398 e. The number of nitrogens with two attached hydrogens (primary N) is 1. The number of rotatable bonds is 6. The molecule has 0 radical (unpaired) electrons. The topological polar surface area (TPSA) is 55.5 Å². The van der Waals surface area contributed by atoms with Crippen molar-refractivity contribution in [2.24, 2.45) is 0 Å². The van der Waals surface area contributed by atoms with Crippen molar-refractivity contribution in [3.63, 3.8) is 0 Å². The summed E-state index contributed by atoms with van der Waals surface area (Å²) in [5, 5.41) is 9.07. The Morgan fingerprint density at radius 1 is 1.40 bits per heavy atom. The molecule has 0 saturated carbocycles. The molecule has 0 atom stereocenters. The normalized spacial score (nSPS) is 10.5. The Morgan fingerprint density at radius 2 is 2.20 bits per heavy atom. The lowest BCUT2D eigenvalue weighted by Gasteiger charge is -2.04. The molecule has 0 spiro atoms. The number of hydrogen-bond acceptors (Lipinski definition) is 4. The highest BCUT2D eigenvalue weighted by molar-refractivity contribution is 7.99. The van der Waals surface area contributed by atoms with Gasteiger partial charge in [-0.1, -0.05) is 11.6 Å². The molecular formula is C10H14ClNO2S. The van der Waals surface area contributed by atoms with Crippen molar-refractivity contribution in [2.75, 3.05) is 31.3 Å². The van der Waals surface area contributed by atoms with E-state index in [-0.39, 0.29) is 6.61 Å². The molecule has 15 heavy (non-hydrogen) atoms. The average molecular weight is 248 g/mol. The zero-order valence-electron chi connectivity index (χ0n) is 8.28. The van der Waals surface area contributed by atoms with Crippen LogP contribution in [-0.4, -0.2) is 30.7 Å². The van der Waals surface area contributed by atoms with Crippen molar-refractivity contribution in [1.82, 2.24) is 0 Å². The van der Waals surface area contributed by atoms with Gasteiger partial charge in [-0.25, -0.2) is 0 Å². The molecule has 0 amide bonds. The van der Waals surface area contributed by atoms with Crippen molar-refractivity contribution < 1.29 is 9.84 Å². The third-order valence-corrected chi connectivity index (χ3v) is 2.99. The molecule has 0 aliphatic rings. The molecule has 3 N–H and O–H groups in total. The zero-order chi connectivity index (χ0) is 11.1. The van der Waals surface area contributed by atoms with Crippen molar-refractivity contribution in [1.29, 1.82) is 0 Å². The Bertz CT molecular complexity index is 309. The molecule has 0 aliphatic heterocycles. The van der Waals surface area contributed by atoms with E-state index in [2.05, 4.69) is 0 Å². The summed E-state index contributed by atoms with van der Waals surface area (Å²) in [4.78, 5) is 1.07. The van der Waals surface area contributed by atoms with Crippen LogP contribution in [0.4, 0.5) is 5.69 Å². The van der Waals surface area contributed by atoms with Gasteiger partial charge in [0.1, 0.15) is 0 Å². The minimum atomic E-state index is 0.0678. The smallest absolute Gasteiger partial charge is 0.0698 e. The largest absolute Gasteiger partial charge is 0.398 e. The highest BCUT2D eigenvalue weighted by Crippen LogP contribution is 2.25. The molecular weight excluding hydrogens is 234 g/mol. The lowest BCUT2D eigenvalue weighted by Crippen LogP contribution is -2.02. The fourth-order valence-electron chi connectivity index (χ4n) is 0.983. The van der Waals surface area contributed by atoms with E-state index in [9.17, 15) is 0 Å². The number of thioether (sulfide) groups is 1. The first-order chi connectivity index (χ1) is 7.24. The number of hydrogen-bond donors (Lipinski definition) is 2. The third-order valence-electron chi connectivity index (χ3n) is 1.70. The van der Waals surface area contributed by atoms with Crippen molar-refractivity contribution >= 4 is 29.1 Å². The lowest BCUT2D eigenvalue weighted by molar-refractivity contribution is 0.103. The molecule has 5 heteroatoms. The molecule has 0 bridgehead atoms. The summed E-state index contributed by atoms with van der Waals surface area (Å²) in [6.07, 6.45) is 0. The molecule has 0 aliphatic carbocycles. The van der Waals surface area contributed by atoms with Crippen molar-refractivity contribution in [3.05, 3.63) is 23.2 Å². The van der Waals surface area contributed by atoms with Gasteiger partial charge in [0.15, 0.2) is 0 Å². The maximum Gasteiger partial charge on any atom is 0.0698 e. The van der Waals surface area contributed by atoms with Gasteiger partial charge >= 0.3 is 0 Å². The van der Waals surface area contributed by atoms with E-state index < -0.39 is 0 Å². The number of benzene rings is 1. The molecule has 1 aromatic carbocycles. The fourth-order valence-corrected chi connectivity index (χ4v) is 2.03. The second kappa shape index (κ2) is 6.95. The van der Waals surface area contributed by atoms with E-state index in [1.165, 1.54) is 0 Å². The number of anilines is 1. The third kappa shape index (κ3) is 4.75. The maximum atomic E-state index is 8.49. The van der Waals surface area contributed by atoms with Gasteiger partial charge in [-0.3, -0.25) is 0 Å². The van der Waals surface area contributed by atoms with Crippen molar-refractivity contribution in [2.45, 2.75) is 4.90 Å². The van der Waals surface area contributed by atoms with Crippen LogP contribution in [0.2, 0.25) is 5.02 Å². The van der Waals surface area contributed by atoms with Gasteiger partial charge in [0, 0.05) is 10.6 Å². The standard InChI is InChI=1S/C10H14ClNO2S/c11-9-7-8(1-2-10(9)12)15-6-5-14-4-3-13/h1-2,7,13H,3-6,12H2. The Morgan fingerprint density at radius 3 is 2.87 bits per heavy atom. The highest BCUT2D eigenvalue weighted by Gasteiger charge is 1.99. The van der Waals surface area contributed by atoms with E-state index in [4.69, 9.17) is 27.2 Å². The quantitative estimate of drug-likeness (QED) is 0.459. The lowest BCUT2D eigenvalue weighted by atomic mass is 10.3. The summed E-state index contributed by atoms with van der Waals surface area (Å²) in [6, 6.07) is 5.56. The summed E-state index contributed by atoms with van der Waals surface area (Å²) in [7, 11) is 0. The van der Waals surface area contributed by atoms with Gasteiger partial charge < -0.3 is 15.6 Å². The van der Waals surface area contributed by atoms with Crippen molar-refractivity contribution in [3.8, 4) is 0 Å². The summed E-state index contributed by atoms with van der Waals surface area (Å²) in [5.41, 5.74) is 6.18. The number of aliphatic hydroxyl groups is 1. The summed E-state index contributed by atoms with van der Waals surface area (Å²) < 4.78 is 5.13. The van der Waals surface area contributed by atoms with Crippen LogP contribution in [0.5, 0.6) is 0 Å². The number of aliphatic hydroxyl groups excluding tert-OH is 1. The van der Waals surface area contributed by atoms with Crippen LogP contribution >= 0.6 is 23.4 Å². The Kier molecular flexibility index (Phi) is 5.86. The molecule has 0 fully saturated rings. The molecule has 84 valence electrons. The summed E-state index contributed by atoms with van der Waals surface area (Å²) >= 11 is 7.52. The predicted octanol–water partition coefficient (Wildman–Crippen LogP) is 2.02. The molecule has 1 rings (SSSR count). The number of ether oxygens (including phenoxy) is 1. The first-order valence-electron chi connectivity index (χ1n) is 4.60. The van der Waals surface area contributed by atoms with Crippen LogP contribution in [-0.2, 0) is 4.74 Å². The second-order valence-corrected chi connectivity index (χ2v) is 4.44. The van der Waals surface area contributed by atoms with Gasteiger partial charge in [-0.15, -0.1) is 11.8 Å². The van der Waals surface area contributed by atoms with Crippen LogP contribution in [0.1, 0.15) is 0 Å². The van der Waals surface area contributed by atoms with E-state index in [0.29, 0.717) is 23.9 Å². The average Bonchev–Trinajstić information content (AvgIpc) is 2.23. The molecule has 0 heterocycles. The van der Waals surface area contributed by atoms with E-state index in [1.807, 2.05) is 12.1 Å². The zero-order valence-corrected chi connectivity index (χ0v) is 9.85. The fraction of sp³-hybridized carbons (Fsp3) is 0.400. The van der Waals surface area contributed by atoms with E-state index in [1.54, 1.807) is 17.8 Å². The van der Waals surface area contributed by atoms with E-state index >= 15 is 0 Å².